The number of amides is 1. The summed E-state index contributed by atoms with van der Waals surface area (Å²) in [6.45, 7) is 1.81. The molecule has 10 nitrogen and oxygen atoms in total. The van der Waals surface area contributed by atoms with Crippen LogP contribution in [0.5, 0.6) is 0 Å². The fourth-order valence-corrected chi connectivity index (χ4v) is 5.53. The second-order valence-corrected chi connectivity index (χ2v) is 9.82. The van der Waals surface area contributed by atoms with Gasteiger partial charge in [-0.2, -0.15) is 0 Å². The van der Waals surface area contributed by atoms with Crippen molar-refractivity contribution in [1.29, 1.82) is 0 Å². The van der Waals surface area contributed by atoms with Crippen LogP contribution in [-0.4, -0.2) is 62.8 Å². The van der Waals surface area contributed by atoms with Crippen LogP contribution in [0.15, 0.2) is 36.8 Å². The molecular formula is C25H26N8O2. The van der Waals surface area contributed by atoms with E-state index in [1.165, 1.54) is 0 Å². The summed E-state index contributed by atoms with van der Waals surface area (Å²) in [6, 6.07) is 6.05. The maximum atomic E-state index is 12.1. The Hall–Kier alpha value is -3.79. The number of aromatic nitrogens is 5. The zero-order valence-electron chi connectivity index (χ0n) is 19.4. The first-order valence-electron chi connectivity index (χ1n) is 12.1. The van der Waals surface area contributed by atoms with E-state index in [0.717, 1.165) is 66.4 Å². The summed E-state index contributed by atoms with van der Waals surface area (Å²) in [7, 11) is 1.82. The molecule has 4 aromatic heterocycles. The molecule has 7 rings (SSSR count). The summed E-state index contributed by atoms with van der Waals surface area (Å²) >= 11 is 0. The fraction of sp³-hybridized carbons (Fsp3) is 0.400. The molecule has 178 valence electrons. The molecule has 10 heteroatoms. The number of morpholine rings is 1. The van der Waals surface area contributed by atoms with E-state index in [1.807, 2.05) is 29.9 Å². The molecule has 3 fully saturated rings. The average Bonchev–Trinajstić information content (AvgIpc) is 3.49. The van der Waals surface area contributed by atoms with Crippen molar-refractivity contribution in [3.8, 4) is 11.4 Å². The quantitative estimate of drug-likeness (QED) is 0.455. The summed E-state index contributed by atoms with van der Waals surface area (Å²) in [5.41, 5.74) is 8.41. The first-order chi connectivity index (χ1) is 17.0. The second kappa shape index (κ2) is 7.35. The Morgan fingerprint density at radius 2 is 1.94 bits per heavy atom. The number of nitrogens with zero attached hydrogens (tertiary/aromatic N) is 6. The van der Waals surface area contributed by atoms with Crippen LogP contribution in [0.25, 0.3) is 27.8 Å². The minimum Gasteiger partial charge on any atom is -0.373 e. The summed E-state index contributed by atoms with van der Waals surface area (Å²) in [5, 5.41) is 9.68. The molecule has 0 spiro atoms. The molecule has 2 bridgehead atoms. The number of primary amides is 1. The molecule has 4 aromatic rings. The summed E-state index contributed by atoms with van der Waals surface area (Å²) in [4.78, 5) is 28.5. The molecule has 0 aromatic carbocycles. The molecule has 2 unspecified atom stereocenters. The first kappa shape index (κ1) is 20.6. The van der Waals surface area contributed by atoms with Crippen LogP contribution in [-0.2, 0) is 14.9 Å². The van der Waals surface area contributed by atoms with Crippen molar-refractivity contribution in [3.63, 3.8) is 0 Å². The van der Waals surface area contributed by atoms with Gasteiger partial charge in [0.05, 0.1) is 35.2 Å². The van der Waals surface area contributed by atoms with Gasteiger partial charge in [0.2, 0.25) is 5.91 Å². The number of hydrogen-bond donors (Lipinski definition) is 2. The van der Waals surface area contributed by atoms with Crippen LogP contribution < -0.4 is 16.0 Å². The monoisotopic (exact) mass is 470 g/mol. The van der Waals surface area contributed by atoms with Crippen molar-refractivity contribution in [2.75, 3.05) is 30.4 Å². The minimum atomic E-state index is -0.673. The predicted molar refractivity (Wildman–Crippen MR) is 131 cm³/mol. The van der Waals surface area contributed by atoms with E-state index < -0.39 is 5.41 Å². The molecule has 2 aliphatic heterocycles. The van der Waals surface area contributed by atoms with Gasteiger partial charge in [-0.1, -0.05) is 0 Å². The molecular weight excluding hydrogens is 444 g/mol. The molecule has 1 aliphatic carbocycles. The number of hydrogen-bond acceptors (Lipinski definition) is 8. The van der Waals surface area contributed by atoms with Crippen molar-refractivity contribution < 1.29 is 9.53 Å². The van der Waals surface area contributed by atoms with Gasteiger partial charge < -0.3 is 20.7 Å². The van der Waals surface area contributed by atoms with Crippen LogP contribution in [0.4, 0.5) is 11.5 Å². The van der Waals surface area contributed by atoms with Crippen LogP contribution in [0.3, 0.4) is 0 Å². The smallest absolute Gasteiger partial charge is 0.229 e. The van der Waals surface area contributed by atoms with Gasteiger partial charge in [-0.15, -0.1) is 5.10 Å². The maximum absolute atomic E-state index is 12.1. The van der Waals surface area contributed by atoms with E-state index in [9.17, 15) is 4.79 Å². The second-order valence-electron chi connectivity index (χ2n) is 9.82. The van der Waals surface area contributed by atoms with Crippen molar-refractivity contribution in [2.45, 2.75) is 43.3 Å². The van der Waals surface area contributed by atoms with Gasteiger partial charge in [0.25, 0.3) is 0 Å². The van der Waals surface area contributed by atoms with Gasteiger partial charge in [-0.05, 0) is 43.9 Å². The molecule has 2 saturated heterocycles. The number of anilines is 2. The number of rotatable bonds is 5. The van der Waals surface area contributed by atoms with Gasteiger partial charge in [-0.25, -0.2) is 14.5 Å². The van der Waals surface area contributed by atoms with Crippen LogP contribution in [0, 0.1) is 0 Å². The lowest BCUT2D eigenvalue weighted by molar-refractivity contribution is -0.120. The number of ether oxygens (including phenoxy) is 1. The van der Waals surface area contributed by atoms with Crippen LogP contribution in [0.2, 0.25) is 0 Å². The number of nitrogens with two attached hydrogens (primary N) is 1. The highest BCUT2D eigenvalue weighted by Gasteiger charge is 2.51. The average molecular weight is 471 g/mol. The standard InChI is InChI=1S/C25H26N8O2/c1-27-22-18-9-28-20(25(6-7-25)24(26)34)8-17(18)19(10-29-22)23-30-21-5-2-14(11-33(21)31-23)32-12-15-3-4-16(13-32)35-15/h2,5,8-11,15-16H,3-4,6-7,12-13H2,1H3,(H2,26,34)(H,27,29). The van der Waals surface area contributed by atoms with Gasteiger partial charge in [0.15, 0.2) is 11.5 Å². The van der Waals surface area contributed by atoms with E-state index in [1.54, 1.807) is 12.4 Å². The van der Waals surface area contributed by atoms with Crippen molar-refractivity contribution in [2.24, 2.45) is 5.73 Å². The Balaban J connectivity index is 1.32. The van der Waals surface area contributed by atoms with Crippen LogP contribution >= 0.6 is 0 Å². The third-order valence-corrected chi connectivity index (χ3v) is 7.69. The third kappa shape index (κ3) is 3.16. The van der Waals surface area contributed by atoms with Crippen LogP contribution in [0.1, 0.15) is 31.4 Å². The SMILES string of the molecule is CNc1ncc(-c2nc3ccc(N4CC5CCC(C4)O5)cn3n2)c2cc(C3(C(N)=O)CC3)ncc12. The lowest BCUT2D eigenvalue weighted by atomic mass is 9.97. The number of nitrogens with one attached hydrogen (secondary N) is 1. The number of carbonyl (C=O) groups excluding carboxylic acids is 1. The van der Waals surface area contributed by atoms with E-state index in [4.69, 9.17) is 20.6 Å². The van der Waals surface area contributed by atoms with E-state index >= 15 is 0 Å². The normalized spacial score (nSPS) is 22.6. The van der Waals surface area contributed by atoms with Gasteiger partial charge in [0, 0.05) is 48.9 Å². The van der Waals surface area contributed by atoms with Gasteiger partial charge >= 0.3 is 0 Å². The van der Waals surface area contributed by atoms with E-state index in [-0.39, 0.29) is 5.91 Å². The highest BCUT2D eigenvalue weighted by atomic mass is 16.5. The molecule has 2 atom stereocenters. The molecule has 1 amide bonds. The van der Waals surface area contributed by atoms with Crippen molar-refractivity contribution in [1.82, 2.24) is 24.6 Å². The number of pyridine rings is 3. The molecule has 6 heterocycles. The highest BCUT2D eigenvalue weighted by molar-refractivity contribution is 6.01. The largest absolute Gasteiger partial charge is 0.373 e. The van der Waals surface area contributed by atoms with Gasteiger partial charge in [0.1, 0.15) is 5.82 Å². The first-order valence-corrected chi connectivity index (χ1v) is 12.1. The molecule has 0 radical (unpaired) electrons. The Morgan fingerprint density at radius 3 is 2.66 bits per heavy atom. The van der Waals surface area contributed by atoms with E-state index in [2.05, 4.69) is 26.3 Å². The summed E-state index contributed by atoms with van der Waals surface area (Å²) < 4.78 is 7.82. The number of carbonyl (C=O) groups is 1. The summed E-state index contributed by atoms with van der Waals surface area (Å²) in [6.07, 6.45) is 9.91. The molecule has 3 N–H and O–H groups in total. The Bertz CT molecular complexity index is 1480. The highest BCUT2D eigenvalue weighted by Crippen LogP contribution is 2.48. The Morgan fingerprint density at radius 1 is 1.14 bits per heavy atom. The molecule has 1 saturated carbocycles. The molecule has 35 heavy (non-hydrogen) atoms. The zero-order chi connectivity index (χ0) is 23.7. The Labute approximate surface area is 201 Å². The van der Waals surface area contributed by atoms with E-state index in [0.29, 0.717) is 29.5 Å². The lowest BCUT2D eigenvalue weighted by Gasteiger charge is -2.33. The molecule has 3 aliphatic rings. The Kier molecular flexibility index (Phi) is 4.32. The van der Waals surface area contributed by atoms with Crippen molar-refractivity contribution in [3.05, 3.63) is 42.5 Å². The zero-order valence-corrected chi connectivity index (χ0v) is 19.4. The lowest BCUT2D eigenvalue weighted by Crippen LogP contribution is -2.42. The van der Waals surface area contributed by atoms with Crippen molar-refractivity contribution >= 4 is 33.8 Å². The third-order valence-electron chi connectivity index (χ3n) is 7.69. The predicted octanol–water partition coefficient (Wildman–Crippen LogP) is 2.27. The maximum Gasteiger partial charge on any atom is 0.229 e. The topological polar surface area (TPSA) is 124 Å². The summed E-state index contributed by atoms with van der Waals surface area (Å²) in [5.74, 6) is 0.953. The minimum absolute atomic E-state index is 0.317. The van der Waals surface area contributed by atoms with Gasteiger partial charge in [-0.3, -0.25) is 9.78 Å². The fourth-order valence-electron chi connectivity index (χ4n) is 5.53. The number of fused-ring (bicyclic) bond motifs is 4.